The van der Waals surface area contributed by atoms with Crippen molar-refractivity contribution in [3.8, 4) is 0 Å². The third-order valence-electron chi connectivity index (χ3n) is 6.20. The first-order valence-corrected chi connectivity index (χ1v) is 8.00. The molecule has 4 saturated carbocycles. The number of benzene rings is 1. The van der Waals surface area contributed by atoms with Gasteiger partial charge in [0.15, 0.2) is 0 Å². The lowest BCUT2D eigenvalue weighted by atomic mass is 9.43. The van der Waals surface area contributed by atoms with E-state index in [1.807, 2.05) is 12.1 Å². The molecule has 2 unspecified atom stereocenters. The Morgan fingerprint density at radius 3 is 2.33 bits per heavy atom. The number of rotatable bonds is 2. The van der Waals surface area contributed by atoms with Gasteiger partial charge in [0, 0.05) is 5.69 Å². The molecule has 0 amide bonds. The van der Waals surface area contributed by atoms with Gasteiger partial charge in [0.2, 0.25) is 0 Å². The smallest absolute Gasteiger partial charge is 0.311 e. The van der Waals surface area contributed by atoms with Crippen LogP contribution in [0.1, 0.15) is 44.1 Å². The van der Waals surface area contributed by atoms with E-state index in [9.17, 15) is 4.79 Å². The normalized spacial score (nSPS) is 40.2. The molecule has 2 N–H and O–H groups in total. The molecule has 4 bridgehead atoms. The topological polar surface area (TPSA) is 52.3 Å². The van der Waals surface area contributed by atoms with Crippen LogP contribution in [0.5, 0.6) is 0 Å². The number of hydrogen-bond donors (Lipinski definition) is 1. The second-order valence-electron chi connectivity index (χ2n) is 7.64. The minimum Gasteiger partial charge on any atom is -0.469 e. The Balaban J connectivity index is 1.76. The van der Waals surface area contributed by atoms with Crippen LogP contribution >= 0.6 is 0 Å². The van der Waals surface area contributed by atoms with Gasteiger partial charge in [0.05, 0.1) is 12.5 Å². The van der Waals surface area contributed by atoms with Gasteiger partial charge >= 0.3 is 5.97 Å². The zero-order valence-electron chi connectivity index (χ0n) is 12.6. The lowest BCUT2D eigenvalue weighted by Gasteiger charge is -2.61. The van der Waals surface area contributed by atoms with Gasteiger partial charge in [-0.05, 0) is 73.5 Å². The van der Waals surface area contributed by atoms with Gasteiger partial charge in [-0.2, -0.15) is 0 Å². The molecule has 3 heteroatoms. The highest BCUT2D eigenvalue weighted by Crippen LogP contribution is 2.66. The van der Waals surface area contributed by atoms with Gasteiger partial charge < -0.3 is 10.5 Å². The van der Waals surface area contributed by atoms with E-state index in [1.165, 1.54) is 31.9 Å². The minimum atomic E-state index is -0.222. The molecule has 21 heavy (non-hydrogen) atoms. The lowest BCUT2D eigenvalue weighted by molar-refractivity contribution is -0.171. The Bertz CT molecular complexity index is 563. The van der Waals surface area contributed by atoms with Crippen LogP contribution in [0.2, 0.25) is 0 Å². The number of nitrogens with two attached hydrogens (primary N) is 1. The second-order valence-corrected chi connectivity index (χ2v) is 7.64. The fourth-order valence-corrected chi connectivity index (χ4v) is 5.89. The number of hydrogen-bond acceptors (Lipinski definition) is 3. The molecule has 3 nitrogen and oxygen atoms in total. The Labute approximate surface area is 125 Å². The molecule has 4 aliphatic carbocycles. The van der Waals surface area contributed by atoms with Crippen LogP contribution < -0.4 is 5.73 Å². The van der Waals surface area contributed by atoms with Crippen molar-refractivity contribution in [1.82, 2.24) is 0 Å². The maximum atomic E-state index is 12.5. The van der Waals surface area contributed by atoms with Crippen LogP contribution in [0.4, 0.5) is 5.69 Å². The van der Waals surface area contributed by atoms with E-state index in [4.69, 9.17) is 10.5 Å². The summed E-state index contributed by atoms with van der Waals surface area (Å²) in [4.78, 5) is 12.5. The highest BCUT2D eigenvalue weighted by atomic mass is 16.5. The summed E-state index contributed by atoms with van der Waals surface area (Å²) in [6.45, 7) is 0. The molecule has 0 aromatic heterocycles. The SMILES string of the molecule is COC(=O)C12C[C@H]3C[C@@H](C1)CC(c1ccc(N)cc1)(C3)C2. The molecule has 4 atom stereocenters. The van der Waals surface area contributed by atoms with Crippen molar-refractivity contribution in [2.75, 3.05) is 12.8 Å². The highest BCUT2D eigenvalue weighted by Gasteiger charge is 2.61. The summed E-state index contributed by atoms with van der Waals surface area (Å²) in [7, 11) is 1.54. The molecule has 1 aromatic carbocycles. The first kappa shape index (κ1) is 13.2. The molecule has 112 valence electrons. The summed E-state index contributed by atoms with van der Waals surface area (Å²) in [5.74, 6) is 1.39. The summed E-state index contributed by atoms with van der Waals surface area (Å²) in [5.41, 5.74) is 7.98. The van der Waals surface area contributed by atoms with E-state index >= 15 is 0 Å². The van der Waals surface area contributed by atoms with Gasteiger partial charge in [-0.3, -0.25) is 4.79 Å². The van der Waals surface area contributed by atoms with Crippen molar-refractivity contribution in [2.24, 2.45) is 17.3 Å². The molecule has 5 rings (SSSR count). The molecule has 0 saturated heterocycles. The third kappa shape index (κ3) is 1.82. The van der Waals surface area contributed by atoms with Crippen LogP contribution in [0.15, 0.2) is 24.3 Å². The van der Waals surface area contributed by atoms with Crippen molar-refractivity contribution >= 4 is 11.7 Å². The highest BCUT2D eigenvalue weighted by molar-refractivity contribution is 5.78. The zero-order chi connectivity index (χ0) is 14.7. The molecular formula is C18H23NO2. The van der Waals surface area contributed by atoms with E-state index in [0.29, 0.717) is 11.8 Å². The molecule has 4 fully saturated rings. The van der Waals surface area contributed by atoms with Crippen molar-refractivity contribution in [3.05, 3.63) is 29.8 Å². The fourth-order valence-electron chi connectivity index (χ4n) is 5.89. The average molecular weight is 285 g/mol. The van der Waals surface area contributed by atoms with Crippen LogP contribution in [0, 0.1) is 17.3 Å². The van der Waals surface area contributed by atoms with E-state index in [2.05, 4.69) is 12.1 Å². The second kappa shape index (κ2) is 4.25. The van der Waals surface area contributed by atoms with Gasteiger partial charge in [0.1, 0.15) is 0 Å². The monoisotopic (exact) mass is 285 g/mol. The Hall–Kier alpha value is -1.51. The fraction of sp³-hybridized carbons (Fsp3) is 0.611. The summed E-state index contributed by atoms with van der Waals surface area (Å²) >= 11 is 0. The van der Waals surface area contributed by atoms with E-state index in [0.717, 1.165) is 24.9 Å². The molecule has 4 aliphatic rings. The van der Waals surface area contributed by atoms with Crippen molar-refractivity contribution in [2.45, 2.75) is 43.9 Å². The molecule has 0 aliphatic heterocycles. The number of esters is 1. The molecular weight excluding hydrogens is 262 g/mol. The largest absolute Gasteiger partial charge is 0.469 e. The number of carbonyl (C=O) groups excluding carboxylic acids is 1. The van der Waals surface area contributed by atoms with Crippen molar-refractivity contribution in [3.63, 3.8) is 0 Å². The lowest BCUT2D eigenvalue weighted by Crippen LogP contribution is -2.57. The number of carbonyl (C=O) groups is 1. The maximum absolute atomic E-state index is 12.5. The van der Waals surface area contributed by atoms with Crippen LogP contribution in [0.3, 0.4) is 0 Å². The van der Waals surface area contributed by atoms with Crippen molar-refractivity contribution in [1.29, 1.82) is 0 Å². The van der Waals surface area contributed by atoms with Crippen LogP contribution in [-0.4, -0.2) is 13.1 Å². The number of nitrogen functional groups attached to an aromatic ring is 1. The van der Waals surface area contributed by atoms with Gasteiger partial charge in [-0.25, -0.2) is 0 Å². The Kier molecular flexibility index (Phi) is 2.66. The minimum absolute atomic E-state index is 0.0245. The molecule has 0 spiro atoms. The third-order valence-corrected chi connectivity index (χ3v) is 6.20. The quantitative estimate of drug-likeness (QED) is 0.670. The Morgan fingerprint density at radius 1 is 1.14 bits per heavy atom. The first-order chi connectivity index (χ1) is 10.1. The zero-order valence-corrected chi connectivity index (χ0v) is 12.6. The van der Waals surface area contributed by atoms with Gasteiger partial charge in [0.25, 0.3) is 0 Å². The molecule has 0 heterocycles. The summed E-state index contributed by atoms with van der Waals surface area (Å²) in [6.07, 6.45) is 6.79. The Morgan fingerprint density at radius 2 is 1.76 bits per heavy atom. The van der Waals surface area contributed by atoms with Crippen molar-refractivity contribution < 1.29 is 9.53 Å². The van der Waals surface area contributed by atoms with E-state index in [-0.39, 0.29) is 16.8 Å². The molecule has 1 aromatic rings. The summed E-state index contributed by atoms with van der Waals surface area (Å²) in [5, 5.41) is 0. The number of ether oxygens (including phenoxy) is 1. The van der Waals surface area contributed by atoms with Gasteiger partial charge in [-0.15, -0.1) is 0 Å². The predicted molar refractivity (Wildman–Crippen MR) is 81.7 cm³/mol. The summed E-state index contributed by atoms with van der Waals surface area (Å²) < 4.78 is 5.18. The average Bonchev–Trinajstić information content (AvgIpc) is 2.45. The standard InChI is InChI=1S/C18H23NO2/c1-21-16(20)18-9-12-6-13(10-18)8-17(7-12,11-18)14-2-4-15(19)5-3-14/h2-5,12-13H,6-11,19H2,1H3/t12-,13+,17?,18?. The van der Waals surface area contributed by atoms with Crippen LogP contribution in [-0.2, 0) is 14.9 Å². The first-order valence-electron chi connectivity index (χ1n) is 8.00. The molecule has 0 radical (unpaired) electrons. The number of anilines is 1. The predicted octanol–water partition coefficient (Wildman–Crippen LogP) is 3.28. The van der Waals surface area contributed by atoms with E-state index in [1.54, 1.807) is 0 Å². The van der Waals surface area contributed by atoms with Gasteiger partial charge in [-0.1, -0.05) is 12.1 Å². The maximum Gasteiger partial charge on any atom is 0.311 e. The summed E-state index contributed by atoms with van der Waals surface area (Å²) in [6, 6.07) is 8.35. The van der Waals surface area contributed by atoms with Crippen LogP contribution in [0.25, 0.3) is 0 Å². The van der Waals surface area contributed by atoms with E-state index < -0.39 is 0 Å². The number of methoxy groups -OCH3 is 1.